The smallest absolute Gasteiger partial charge is 0.335 e. The van der Waals surface area contributed by atoms with E-state index in [1.54, 1.807) is 0 Å². The first-order valence-electron chi connectivity index (χ1n) is 16.0. The Balaban J connectivity index is 1.96. The third-order valence-corrected chi connectivity index (χ3v) is 8.60. The van der Waals surface area contributed by atoms with E-state index in [-0.39, 0.29) is 0 Å². The largest absolute Gasteiger partial charge is 0.479 e. The molecule has 19 atom stereocenters. The van der Waals surface area contributed by atoms with Crippen LogP contribution < -0.4 is 10.6 Å². The highest BCUT2D eigenvalue weighted by atomic mass is 16.8. The molecular weight excluding hydrogens is 732 g/mol. The van der Waals surface area contributed by atoms with Crippen molar-refractivity contribution in [2.45, 2.75) is 130 Å². The zero-order valence-electron chi connectivity index (χ0n) is 28.0. The highest BCUT2D eigenvalue weighted by molar-refractivity contribution is 5.74. The monoisotopic (exact) mass is 778 g/mol. The van der Waals surface area contributed by atoms with Crippen LogP contribution in [0.15, 0.2) is 0 Å². The van der Waals surface area contributed by atoms with Crippen LogP contribution in [0.1, 0.15) is 13.8 Å². The fourth-order valence-corrected chi connectivity index (χ4v) is 5.90. The van der Waals surface area contributed by atoms with E-state index < -0.39 is 160 Å². The third-order valence-electron chi connectivity index (χ3n) is 8.60. The molecule has 0 aromatic rings. The van der Waals surface area contributed by atoms with Crippen molar-refractivity contribution in [3.8, 4) is 0 Å². The first-order valence-corrected chi connectivity index (χ1v) is 16.0. The number of amides is 2. The predicted octanol–water partition coefficient (Wildman–Crippen LogP) is -9.64. The van der Waals surface area contributed by atoms with Crippen molar-refractivity contribution in [1.82, 2.24) is 10.6 Å². The average Bonchev–Trinajstić information content (AvgIpc) is 3.09. The summed E-state index contributed by atoms with van der Waals surface area (Å²) in [6, 6.07) is -3.38. The van der Waals surface area contributed by atoms with Gasteiger partial charge in [0.25, 0.3) is 0 Å². The number of aliphatic hydroxyl groups is 11. The molecule has 0 bridgehead atoms. The minimum atomic E-state index is -2.35. The van der Waals surface area contributed by atoms with Gasteiger partial charge in [0.1, 0.15) is 79.3 Å². The number of carboxylic acids is 2. The van der Waals surface area contributed by atoms with E-state index in [4.69, 9.17) is 28.4 Å². The van der Waals surface area contributed by atoms with E-state index in [0.717, 1.165) is 13.8 Å². The van der Waals surface area contributed by atoms with Crippen molar-refractivity contribution in [2.75, 3.05) is 19.8 Å². The Bertz CT molecular complexity index is 1250. The van der Waals surface area contributed by atoms with Gasteiger partial charge in [-0.1, -0.05) is 0 Å². The van der Waals surface area contributed by atoms with Gasteiger partial charge in [-0.15, -0.1) is 0 Å². The van der Waals surface area contributed by atoms with E-state index in [1.807, 2.05) is 0 Å². The maximum Gasteiger partial charge on any atom is 0.335 e. The van der Waals surface area contributed by atoms with Gasteiger partial charge in [0, 0.05) is 13.8 Å². The van der Waals surface area contributed by atoms with Crippen LogP contribution in [-0.4, -0.2) is 226 Å². The minimum absolute atomic E-state index is 0.778. The van der Waals surface area contributed by atoms with E-state index in [2.05, 4.69) is 10.6 Å². The zero-order valence-corrected chi connectivity index (χ0v) is 28.0. The normalized spacial score (nSPS) is 40.0. The van der Waals surface area contributed by atoms with Crippen LogP contribution >= 0.6 is 0 Å². The molecule has 15 N–H and O–H groups in total. The summed E-state index contributed by atoms with van der Waals surface area (Å²) in [6.07, 6.45) is -35.9. The first kappa shape index (κ1) is 44.6. The molecular formula is C28H46N2O23. The molecule has 0 saturated carbocycles. The van der Waals surface area contributed by atoms with Crippen molar-refractivity contribution >= 4 is 23.8 Å². The molecule has 3 saturated heterocycles. The van der Waals surface area contributed by atoms with Crippen LogP contribution in [0.5, 0.6) is 0 Å². The Kier molecular flexibility index (Phi) is 16.1. The number of aliphatic carboxylic acids is 2. The summed E-state index contributed by atoms with van der Waals surface area (Å²) in [6.45, 7) is -1.11. The molecule has 25 nitrogen and oxygen atoms in total. The van der Waals surface area contributed by atoms with Gasteiger partial charge in [0.05, 0.1) is 25.9 Å². The predicted molar refractivity (Wildman–Crippen MR) is 160 cm³/mol. The number of hydrogen-bond donors (Lipinski definition) is 15. The Morgan fingerprint density at radius 3 is 1.74 bits per heavy atom. The van der Waals surface area contributed by atoms with Crippen LogP contribution in [0.4, 0.5) is 0 Å². The van der Waals surface area contributed by atoms with Gasteiger partial charge in [-0.3, -0.25) is 9.59 Å². The van der Waals surface area contributed by atoms with Crippen LogP contribution in [0.2, 0.25) is 0 Å². The maximum absolute atomic E-state index is 12.4. The SMILES string of the molecule is CC(=O)N[C@H]1[C@H](O[C@H]2[C@H](O)[C@@H](O)[C@H](O[C@@H]([C@H](O)[C@H](O)CO)[C@H](CO)NC(C)=O)O[C@@H]2C(=O)O)O[C@H](CO)[C@@H](O)[C@@H]1O[C@@H]1O[C@H](C(=O)O)[C@@H](O)[C@H](O)[C@H]1O. The zero-order chi connectivity index (χ0) is 40.1. The number of carboxylic acid groups (broad SMARTS) is 2. The summed E-state index contributed by atoms with van der Waals surface area (Å²) >= 11 is 0. The summed E-state index contributed by atoms with van der Waals surface area (Å²) in [5, 5.41) is 138. The highest BCUT2D eigenvalue weighted by Crippen LogP contribution is 2.33. The molecule has 3 heterocycles. The Hall–Kier alpha value is -2.80. The second kappa shape index (κ2) is 19.2. The molecule has 25 heteroatoms. The minimum Gasteiger partial charge on any atom is -0.479 e. The lowest BCUT2D eigenvalue weighted by molar-refractivity contribution is -0.364. The Morgan fingerprint density at radius 2 is 1.23 bits per heavy atom. The van der Waals surface area contributed by atoms with Crippen LogP contribution in [-0.2, 0) is 47.6 Å². The quantitative estimate of drug-likeness (QED) is 0.0691. The summed E-state index contributed by atoms with van der Waals surface area (Å²) < 4.78 is 32.7. The standard InChI is InChI=1S/C28H46N2O23/c1-6(34)29-8(3-31)19(12(37)9(36)4-32)49-28-18(43)16(41)21(23(53-28)25(46)47)51-26-11(30-7(2)35)20(13(38)10(5-33)48-26)50-27-17(42)14(39)15(40)22(52-27)24(44)45/h8-23,26-28,31-33,36-43H,3-5H2,1-2H3,(H,29,34)(H,30,35)(H,44,45)(H,46,47)/t8-,9+,10+,11+,12+,13+,14-,15-,16+,17+,18+,19+,20+,21-,22-,23-,26-,27+,28+/m0/s1. The molecule has 0 aromatic carbocycles. The molecule has 306 valence electrons. The lowest BCUT2D eigenvalue weighted by Crippen LogP contribution is -2.70. The van der Waals surface area contributed by atoms with Crippen molar-refractivity contribution < 1.29 is 114 Å². The number of carbonyl (C=O) groups is 4. The molecule has 3 fully saturated rings. The van der Waals surface area contributed by atoms with Gasteiger partial charge in [-0.2, -0.15) is 0 Å². The topological polar surface area (TPSA) is 411 Å². The molecule has 3 aliphatic rings. The molecule has 3 rings (SSSR count). The van der Waals surface area contributed by atoms with E-state index in [1.165, 1.54) is 0 Å². The molecule has 0 spiro atoms. The summed E-state index contributed by atoms with van der Waals surface area (Å²) in [4.78, 5) is 48.0. The number of rotatable bonds is 16. The number of aliphatic hydroxyl groups excluding tert-OH is 11. The highest BCUT2D eigenvalue weighted by Gasteiger charge is 2.56. The lowest BCUT2D eigenvalue weighted by atomic mass is 9.94. The van der Waals surface area contributed by atoms with Gasteiger partial charge < -0.3 is 105 Å². The number of hydrogen-bond acceptors (Lipinski definition) is 21. The molecule has 0 aliphatic carbocycles. The van der Waals surface area contributed by atoms with Gasteiger partial charge >= 0.3 is 11.9 Å². The summed E-state index contributed by atoms with van der Waals surface area (Å²) in [7, 11) is 0. The van der Waals surface area contributed by atoms with Gasteiger partial charge in [0.15, 0.2) is 31.1 Å². The van der Waals surface area contributed by atoms with Crippen LogP contribution in [0, 0.1) is 0 Å². The first-order chi connectivity index (χ1) is 24.8. The second-order valence-electron chi connectivity index (χ2n) is 12.5. The molecule has 3 aliphatic heterocycles. The molecule has 0 aromatic heterocycles. The lowest BCUT2D eigenvalue weighted by Gasteiger charge is -2.49. The van der Waals surface area contributed by atoms with Crippen LogP contribution in [0.3, 0.4) is 0 Å². The Morgan fingerprint density at radius 1 is 0.660 bits per heavy atom. The van der Waals surface area contributed by atoms with Crippen molar-refractivity contribution in [3.05, 3.63) is 0 Å². The number of ether oxygens (including phenoxy) is 6. The molecule has 2 amide bonds. The van der Waals surface area contributed by atoms with Crippen molar-refractivity contribution in [3.63, 3.8) is 0 Å². The van der Waals surface area contributed by atoms with E-state index in [9.17, 15) is 85.6 Å². The number of nitrogens with one attached hydrogen (secondary N) is 2. The van der Waals surface area contributed by atoms with E-state index in [0.29, 0.717) is 0 Å². The van der Waals surface area contributed by atoms with Crippen LogP contribution in [0.25, 0.3) is 0 Å². The number of carbonyl (C=O) groups excluding carboxylic acids is 2. The second-order valence-corrected chi connectivity index (χ2v) is 12.5. The van der Waals surface area contributed by atoms with Crippen molar-refractivity contribution in [2.24, 2.45) is 0 Å². The van der Waals surface area contributed by atoms with Gasteiger partial charge in [-0.25, -0.2) is 9.59 Å². The van der Waals surface area contributed by atoms with E-state index >= 15 is 0 Å². The third kappa shape index (κ3) is 10.3. The summed E-state index contributed by atoms with van der Waals surface area (Å²) in [5.41, 5.74) is 0. The van der Waals surface area contributed by atoms with Crippen molar-refractivity contribution in [1.29, 1.82) is 0 Å². The Labute approximate surface area is 298 Å². The van der Waals surface area contributed by atoms with Gasteiger partial charge in [0.2, 0.25) is 11.8 Å². The van der Waals surface area contributed by atoms with Gasteiger partial charge in [-0.05, 0) is 0 Å². The fraction of sp³-hybridized carbons (Fsp3) is 0.857. The molecule has 0 radical (unpaired) electrons. The maximum atomic E-state index is 12.4. The summed E-state index contributed by atoms with van der Waals surface area (Å²) in [5.74, 6) is -5.36. The molecule has 0 unspecified atom stereocenters. The fourth-order valence-electron chi connectivity index (χ4n) is 5.90. The molecule has 53 heavy (non-hydrogen) atoms. The average molecular weight is 779 g/mol.